The van der Waals surface area contributed by atoms with Crippen molar-refractivity contribution in [3.63, 3.8) is 0 Å². The fraction of sp³-hybridized carbons (Fsp3) is 0.125. The number of nitrogens with one attached hydrogen (secondary N) is 2. The second-order valence-electron chi connectivity index (χ2n) is 4.70. The quantitative estimate of drug-likeness (QED) is 0.905. The van der Waals surface area contributed by atoms with Crippen molar-refractivity contribution >= 4 is 34.9 Å². The second-order valence-corrected chi connectivity index (χ2v) is 5.14. The Labute approximate surface area is 133 Å². The Balaban J connectivity index is 1.61. The maximum absolute atomic E-state index is 11.9. The molecule has 3 rings (SSSR count). The highest BCUT2D eigenvalue weighted by Crippen LogP contribution is 2.16. The highest BCUT2D eigenvalue weighted by Gasteiger charge is 2.10. The maximum Gasteiger partial charge on any atom is 0.323 e. The zero-order valence-electron chi connectivity index (χ0n) is 11.7. The van der Waals surface area contributed by atoms with Crippen molar-refractivity contribution in [2.45, 2.75) is 0 Å². The van der Waals surface area contributed by atoms with E-state index in [1.54, 1.807) is 36.4 Å². The minimum atomic E-state index is -0.329. The largest absolute Gasteiger partial charge is 0.476 e. The summed E-state index contributed by atoms with van der Waals surface area (Å²) in [5, 5.41) is 6.04. The van der Waals surface area contributed by atoms with Crippen LogP contribution in [0.25, 0.3) is 0 Å². The minimum absolute atomic E-state index is 0.329. The fourth-order valence-electron chi connectivity index (χ4n) is 2.07. The van der Waals surface area contributed by atoms with Crippen LogP contribution in [0.3, 0.4) is 0 Å². The molecular formula is C16H14ClN3O2. The summed E-state index contributed by atoms with van der Waals surface area (Å²) in [5.74, 6) is 0.648. The predicted molar refractivity (Wildman–Crippen MR) is 87.9 cm³/mol. The molecule has 0 fully saturated rings. The van der Waals surface area contributed by atoms with Crippen LogP contribution < -0.4 is 10.6 Å². The van der Waals surface area contributed by atoms with Gasteiger partial charge in [0, 0.05) is 22.0 Å². The average Bonchev–Trinajstić information content (AvgIpc) is 3.02. The SMILES string of the molecule is O=C(Nc1ccc(C2=NCCO2)cc1)Nc1cccc(Cl)c1. The smallest absolute Gasteiger partial charge is 0.323 e. The normalized spacial score (nSPS) is 13.2. The molecule has 0 unspecified atom stereocenters. The van der Waals surface area contributed by atoms with Gasteiger partial charge in [0.05, 0.1) is 6.54 Å². The Morgan fingerprint density at radius 3 is 2.55 bits per heavy atom. The van der Waals surface area contributed by atoms with E-state index in [0.717, 1.165) is 5.56 Å². The molecule has 1 aliphatic rings. The lowest BCUT2D eigenvalue weighted by Crippen LogP contribution is -2.19. The van der Waals surface area contributed by atoms with E-state index in [2.05, 4.69) is 15.6 Å². The molecule has 0 saturated carbocycles. The number of rotatable bonds is 3. The molecule has 0 spiro atoms. The number of urea groups is 1. The number of anilines is 2. The first kappa shape index (κ1) is 14.4. The van der Waals surface area contributed by atoms with E-state index in [1.807, 2.05) is 12.1 Å². The number of amides is 2. The molecule has 5 nitrogen and oxygen atoms in total. The Morgan fingerprint density at radius 2 is 1.86 bits per heavy atom. The van der Waals surface area contributed by atoms with Gasteiger partial charge in [-0.25, -0.2) is 9.79 Å². The van der Waals surface area contributed by atoms with Crippen LogP contribution in [0, 0.1) is 0 Å². The lowest BCUT2D eigenvalue weighted by Gasteiger charge is -2.08. The summed E-state index contributed by atoms with van der Waals surface area (Å²) in [6.45, 7) is 1.31. The molecule has 2 aromatic rings. The molecule has 1 aliphatic heterocycles. The molecule has 2 amide bonds. The first-order valence-electron chi connectivity index (χ1n) is 6.82. The number of hydrogen-bond donors (Lipinski definition) is 2. The first-order chi connectivity index (χ1) is 10.7. The monoisotopic (exact) mass is 315 g/mol. The lowest BCUT2D eigenvalue weighted by molar-refractivity contribution is 0.262. The molecule has 0 radical (unpaired) electrons. The van der Waals surface area contributed by atoms with Gasteiger partial charge < -0.3 is 15.4 Å². The number of hydrogen-bond acceptors (Lipinski definition) is 3. The molecule has 0 bridgehead atoms. The van der Waals surface area contributed by atoms with Gasteiger partial charge in [0.25, 0.3) is 0 Å². The number of benzene rings is 2. The van der Waals surface area contributed by atoms with Crippen molar-refractivity contribution < 1.29 is 9.53 Å². The molecule has 0 aromatic heterocycles. The Kier molecular flexibility index (Phi) is 4.25. The van der Waals surface area contributed by atoms with Crippen molar-refractivity contribution in [2.24, 2.45) is 4.99 Å². The van der Waals surface area contributed by atoms with Crippen LogP contribution in [0.5, 0.6) is 0 Å². The van der Waals surface area contributed by atoms with Gasteiger partial charge in [-0.2, -0.15) is 0 Å². The van der Waals surface area contributed by atoms with E-state index >= 15 is 0 Å². The van der Waals surface area contributed by atoms with Crippen LogP contribution in [-0.4, -0.2) is 25.1 Å². The molecule has 112 valence electrons. The Hall–Kier alpha value is -2.53. The molecular weight excluding hydrogens is 302 g/mol. The highest BCUT2D eigenvalue weighted by atomic mass is 35.5. The van der Waals surface area contributed by atoms with Crippen molar-refractivity contribution in [3.05, 3.63) is 59.1 Å². The number of aliphatic imine (C=N–C) groups is 1. The molecule has 0 saturated heterocycles. The van der Waals surface area contributed by atoms with Crippen LogP contribution >= 0.6 is 11.6 Å². The van der Waals surface area contributed by atoms with Crippen LogP contribution in [0.15, 0.2) is 53.5 Å². The van der Waals surface area contributed by atoms with Gasteiger partial charge in [-0.1, -0.05) is 17.7 Å². The van der Waals surface area contributed by atoms with Gasteiger partial charge in [-0.15, -0.1) is 0 Å². The van der Waals surface area contributed by atoms with E-state index in [9.17, 15) is 4.79 Å². The fourth-order valence-corrected chi connectivity index (χ4v) is 2.26. The zero-order valence-corrected chi connectivity index (χ0v) is 12.4. The van der Waals surface area contributed by atoms with E-state index in [-0.39, 0.29) is 6.03 Å². The molecule has 1 heterocycles. The molecule has 6 heteroatoms. The number of carbonyl (C=O) groups is 1. The van der Waals surface area contributed by atoms with Gasteiger partial charge in [0.1, 0.15) is 6.61 Å². The summed E-state index contributed by atoms with van der Waals surface area (Å²) < 4.78 is 5.39. The third-order valence-electron chi connectivity index (χ3n) is 3.06. The first-order valence-corrected chi connectivity index (χ1v) is 7.20. The van der Waals surface area contributed by atoms with E-state index in [4.69, 9.17) is 16.3 Å². The molecule has 0 atom stereocenters. The van der Waals surface area contributed by atoms with Gasteiger partial charge in [0.2, 0.25) is 5.90 Å². The number of nitrogens with zero attached hydrogens (tertiary/aromatic N) is 1. The Morgan fingerprint density at radius 1 is 1.09 bits per heavy atom. The van der Waals surface area contributed by atoms with Gasteiger partial charge in [-0.3, -0.25) is 0 Å². The molecule has 2 aromatic carbocycles. The summed E-state index contributed by atoms with van der Waals surface area (Å²) in [6, 6.07) is 14.0. The van der Waals surface area contributed by atoms with Gasteiger partial charge >= 0.3 is 6.03 Å². The van der Waals surface area contributed by atoms with Crippen molar-refractivity contribution in [1.82, 2.24) is 0 Å². The Bertz CT molecular complexity index is 714. The van der Waals surface area contributed by atoms with Crippen molar-refractivity contribution in [2.75, 3.05) is 23.8 Å². The standard InChI is InChI=1S/C16H14ClN3O2/c17-12-2-1-3-14(10-12)20-16(21)19-13-6-4-11(5-7-13)15-18-8-9-22-15/h1-7,10H,8-9H2,(H2,19,20,21). The lowest BCUT2D eigenvalue weighted by atomic mass is 10.2. The summed E-state index contributed by atoms with van der Waals surface area (Å²) in [7, 11) is 0. The minimum Gasteiger partial charge on any atom is -0.476 e. The zero-order chi connectivity index (χ0) is 15.4. The number of carbonyl (C=O) groups excluding carboxylic acids is 1. The third kappa shape index (κ3) is 3.56. The van der Waals surface area contributed by atoms with E-state index in [0.29, 0.717) is 35.4 Å². The summed E-state index contributed by atoms with van der Waals surface area (Å²) in [5.41, 5.74) is 2.22. The maximum atomic E-state index is 11.9. The van der Waals surface area contributed by atoms with Crippen molar-refractivity contribution in [3.8, 4) is 0 Å². The average molecular weight is 316 g/mol. The topological polar surface area (TPSA) is 62.7 Å². The van der Waals surface area contributed by atoms with E-state index in [1.165, 1.54) is 0 Å². The number of ether oxygens (including phenoxy) is 1. The summed E-state index contributed by atoms with van der Waals surface area (Å²) >= 11 is 5.87. The highest BCUT2D eigenvalue weighted by molar-refractivity contribution is 6.30. The third-order valence-corrected chi connectivity index (χ3v) is 3.29. The molecule has 2 N–H and O–H groups in total. The van der Waals surface area contributed by atoms with E-state index < -0.39 is 0 Å². The van der Waals surface area contributed by atoms with Crippen LogP contribution in [-0.2, 0) is 4.74 Å². The van der Waals surface area contributed by atoms with Crippen molar-refractivity contribution in [1.29, 1.82) is 0 Å². The van der Waals surface area contributed by atoms with Crippen LogP contribution in [0.2, 0.25) is 5.02 Å². The molecule has 0 aliphatic carbocycles. The molecule has 22 heavy (non-hydrogen) atoms. The van der Waals surface area contributed by atoms with Crippen LogP contribution in [0.4, 0.5) is 16.2 Å². The van der Waals surface area contributed by atoms with Gasteiger partial charge in [-0.05, 0) is 42.5 Å². The second kappa shape index (κ2) is 6.49. The summed E-state index contributed by atoms with van der Waals surface area (Å²) in [4.78, 5) is 16.2. The number of halogens is 1. The predicted octanol–water partition coefficient (Wildman–Crippen LogP) is 3.76. The van der Waals surface area contributed by atoms with Gasteiger partial charge in [0.15, 0.2) is 0 Å². The summed E-state index contributed by atoms with van der Waals surface area (Å²) in [6.07, 6.45) is 0. The van der Waals surface area contributed by atoms with Crippen LogP contribution in [0.1, 0.15) is 5.56 Å².